The third-order valence-electron chi connectivity index (χ3n) is 2.53. The number of rotatable bonds is 2. The highest BCUT2D eigenvalue weighted by Gasteiger charge is 2.12. The first-order valence-electron chi connectivity index (χ1n) is 5.39. The standard InChI is InChI=1S/C12H12Br2N4/c1-6(15)9-5-17-12(18-7(9)2)11-10(14)3-8(13)4-16-11/h3-6H,15H2,1-2H3/t6-/m1/s1. The molecule has 1 atom stereocenters. The molecule has 0 fully saturated rings. The zero-order chi connectivity index (χ0) is 13.3. The van der Waals surface area contributed by atoms with Crippen molar-refractivity contribution in [1.29, 1.82) is 0 Å². The average molecular weight is 372 g/mol. The van der Waals surface area contributed by atoms with Gasteiger partial charge < -0.3 is 5.73 Å². The minimum Gasteiger partial charge on any atom is -0.324 e. The van der Waals surface area contributed by atoms with E-state index in [1.54, 1.807) is 12.4 Å². The Labute approximate surface area is 122 Å². The second kappa shape index (κ2) is 5.42. The average Bonchev–Trinajstić information content (AvgIpc) is 2.28. The molecule has 2 heterocycles. The minimum atomic E-state index is -0.0691. The highest BCUT2D eigenvalue weighted by Crippen LogP contribution is 2.26. The molecule has 0 aliphatic rings. The van der Waals surface area contributed by atoms with Gasteiger partial charge in [-0.15, -0.1) is 0 Å². The first-order valence-corrected chi connectivity index (χ1v) is 6.98. The summed E-state index contributed by atoms with van der Waals surface area (Å²) in [6, 6.07) is 1.85. The summed E-state index contributed by atoms with van der Waals surface area (Å²) < 4.78 is 1.76. The number of hydrogen-bond acceptors (Lipinski definition) is 4. The molecule has 2 aromatic rings. The van der Waals surface area contributed by atoms with Crippen molar-refractivity contribution in [2.75, 3.05) is 0 Å². The third-order valence-corrected chi connectivity index (χ3v) is 3.57. The summed E-state index contributed by atoms with van der Waals surface area (Å²) in [7, 11) is 0. The number of nitrogens with two attached hydrogens (primary N) is 1. The summed E-state index contributed by atoms with van der Waals surface area (Å²) in [6.07, 6.45) is 3.48. The third kappa shape index (κ3) is 2.76. The van der Waals surface area contributed by atoms with Crippen LogP contribution in [0, 0.1) is 6.92 Å². The van der Waals surface area contributed by atoms with Crippen LogP contribution in [0.15, 0.2) is 27.4 Å². The van der Waals surface area contributed by atoms with Crippen molar-refractivity contribution in [1.82, 2.24) is 15.0 Å². The van der Waals surface area contributed by atoms with E-state index in [-0.39, 0.29) is 6.04 Å². The molecule has 94 valence electrons. The number of hydrogen-bond donors (Lipinski definition) is 1. The summed E-state index contributed by atoms with van der Waals surface area (Å²) in [6.45, 7) is 3.84. The fourth-order valence-electron chi connectivity index (χ4n) is 1.62. The van der Waals surface area contributed by atoms with Gasteiger partial charge in [0.15, 0.2) is 5.82 Å². The molecule has 0 aliphatic carbocycles. The first-order chi connectivity index (χ1) is 8.49. The SMILES string of the molecule is Cc1nc(-c2ncc(Br)cc2Br)ncc1[C@@H](C)N. The molecule has 6 heteroatoms. The van der Waals surface area contributed by atoms with Crippen molar-refractivity contribution in [3.63, 3.8) is 0 Å². The zero-order valence-electron chi connectivity index (χ0n) is 9.98. The molecule has 0 bridgehead atoms. The molecule has 18 heavy (non-hydrogen) atoms. The Kier molecular flexibility index (Phi) is 4.09. The lowest BCUT2D eigenvalue weighted by Gasteiger charge is -2.10. The van der Waals surface area contributed by atoms with E-state index < -0.39 is 0 Å². The van der Waals surface area contributed by atoms with Crippen LogP contribution in [0.2, 0.25) is 0 Å². The maximum absolute atomic E-state index is 5.84. The normalized spacial score (nSPS) is 12.5. The lowest BCUT2D eigenvalue weighted by Crippen LogP contribution is -2.09. The monoisotopic (exact) mass is 370 g/mol. The van der Waals surface area contributed by atoms with Crippen LogP contribution in [-0.4, -0.2) is 15.0 Å². The molecule has 0 amide bonds. The molecule has 0 aliphatic heterocycles. The molecule has 0 saturated heterocycles. The molecule has 0 aromatic carbocycles. The number of halogens is 2. The predicted octanol–water partition coefficient (Wildman–Crippen LogP) is 3.39. The molecular formula is C12H12Br2N4. The van der Waals surface area contributed by atoms with Crippen LogP contribution >= 0.6 is 31.9 Å². The predicted molar refractivity (Wildman–Crippen MR) is 78.0 cm³/mol. The van der Waals surface area contributed by atoms with Crippen LogP contribution in [0.1, 0.15) is 24.2 Å². The van der Waals surface area contributed by atoms with E-state index in [4.69, 9.17) is 5.73 Å². The highest BCUT2D eigenvalue weighted by molar-refractivity contribution is 9.11. The van der Waals surface area contributed by atoms with E-state index in [2.05, 4.69) is 46.8 Å². The van der Waals surface area contributed by atoms with Crippen molar-refractivity contribution >= 4 is 31.9 Å². The Hall–Kier alpha value is -0.850. The van der Waals surface area contributed by atoms with E-state index in [0.717, 1.165) is 25.9 Å². The summed E-state index contributed by atoms with van der Waals surface area (Å²) in [4.78, 5) is 13.1. The lowest BCUT2D eigenvalue weighted by atomic mass is 10.1. The van der Waals surface area contributed by atoms with Crippen LogP contribution in [0.4, 0.5) is 0 Å². The Balaban J connectivity index is 2.49. The molecule has 0 saturated carbocycles. The van der Waals surface area contributed by atoms with Gasteiger partial charge in [-0.3, -0.25) is 4.98 Å². The summed E-state index contributed by atoms with van der Waals surface area (Å²) >= 11 is 6.82. The van der Waals surface area contributed by atoms with Crippen LogP contribution in [0.25, 0.3) is 11.5 Å². The van der Waals surface area contributed by atoms with Crippen molar-refractivity contribution in [2.24, 2.45) is 5.73 Å². The lowest BCUT2D eigenvalue weighted by molar-refractivity contribution is 0.789. The van der Waals surface area contributed by atoms with Gasteiger partial charge in [0.2, 0.25) is 0 Å². The number of pyridine rings is 1. The van der Waals surface area contributed by atoms with E-state index in [9.17, 15) is 0 Å². The minimum absolute atomic E-state index is 0.0691. The number of aromatic nitrogens is 3. The molecule has 0 radical (unpaired) electrons. The van der Waals surface area contributed by atoms with Crippen molar-refractivity contribution in [2.45, 2.75) is 19.9 Å². The van der Waals surface area contributed by atoms with Gasteiger partial charge in [0.1, 0.15) is 5.69 Å². The van der Waals surface area contributed by atoms with Crippen molar-refractivity contribution in [3.05, 3.63) is 38.7 Å². The topological polar surface area (TPSA) is 64.7 Å². The number of nitrogens with zero attached hydrogens (tertiary/aromatic N) is 3. The van der Waals surface area contributed by atoms with Crippen LogP contribution in [0.3, 0.4) is 0 Å². The van der Waals surface area contributed by atoms with Gasteiger partial charge in [-0.2, -0.15) is 0 Å². The maximum atomic E-state index is 5.84. The fraction of sp³-hybridized carbons (Fsp3) is 0.250. The molecule has 4 nitrogen and oxygen atoms in total. The van der Waals surface area contributed by atoms with Gasteiger partial charge in [0.25, 0.3) is 0 Å². The zero-order valence-corrected chi connectivity index (χ0v) is 13.2. The molecule has 2 N–H and O–H groups in total. The van der Waals surface area contributed by atoms with E-state index in [1.165, 1.54) is 0 Å². The van der Waals surface area contributed by atoms with Crippen LogP contribution < -0.4 is 5.73 Å². The molecule has 2 aromatic heterocycles. The molecule has 2 rings (SSSR count). The molecule has 0 spiro atoms. The summed E-state index contributed by atoms with van der Waals surface area (Å²) in [5.41, 5.74) is 8.39. The van der Waals surface area contributed by atoms with Gasteiger partial charge in [-0.1, -0.05) is 0 Å². The van der Waals surface area contributed by atoms with Gasteiger partial charge in [0, 0.05) is 38.6 Å². The fourth-order valence-corrected chi connectivity index (χ4v) is 2.78. The largest absolute Gasteiger partial charge is 0.324 e. The van der Waals surface area contributed by atoms with Gasteiger partial charge in [-0.25, -0.2) is 9.97 Å². The van der Waals surface area contributed by atoms with Gasteiger partial charge in [0.05, 0.1) is 0 Å². The Bertz CT molecular complexity index is 584. The summed E-state index contributed by atoms with van der Waals surface area (Å²) in [5.74, 6) is 0.594. The number of aryl methyl sites for hydroxylation is 1. The van der Waals surface area contributed by atoms with Crippen LogP contribution in [0.5, 0.6) is 0 Å². The first kappa shape index (κ1) is 13.6. The smallest absolute Gasteiger partial charge is 0.179 e. The molecule has 0 unspecified atom stereocenters. The Morgan fingerprint density at radius 2 is 1.94 bits per heavy atom. The second-order valence-corrected chi connectivity index (χ2v) is 5.78. The van der Waals surface area contributed by atoms with E-state index in [0.29, 0.717) is 5.82 Å². The van der Waals surface area contributed by atoms with Crippen molar-refractivity contribution in [3.8, 4) is 11.5 Å². The highest BCUT2D eigenvalue weighted by atomic mass is 79.9. The molecular weight excluding hydrogens is 360 g/mol. The van der Waals surface area contributed by atoms with Gasteiger partial charge >= 0.3 is 0 Å². The Morgan fingerprint density at radius 3 is 2.50 bits per heavy atom. The maximum Gasteiger partial charge on any atom is 0.179 e. The van der Waals surface area contributed by atoms with Crippen LogP contribution in [-0.2, 0) is 0 Å². The second-order valence-electron chi connectivity index (χ2n) is 4.01. The Morgan fingerprint density at radius 1 is 1.22 bits per heavy atom. The van der Waals surface area contributed by atoms with Crippen molar-refractivity contribution < 1.29 is 0 Å². The summed E-state index contributed by atoms with van der Waals surface area (Å²) in [5, 5.41) is 0. The van der Waals surface area contributed by atoms with Gasteiger partial charge in [-0.05, 0) is 51.8 Å². The van der Waals surface area contributed by atoms with E-state index in [1.807, 2.05) is 19.9 Å². The quantitative estimate of drug-likeness (QED) is 0.878. The van der Waals surface area contributed by atoms with E-state index >= 15 is 0 Å².